The molecule has 1 saturated heterocycles. The van der Waals surface area contributed by atoms with Crippen molar-refractivity contribution in [1.29, 1.82) is 0 Å². The molecule has 2 heterocycles. The summed E-state index contributed by atoms with van der Waals surface area (Å²) in [5.74, 6) is 0.980. The first-order valence-corrected chi connectivity index (χ1v) is 4.82. The Hall–Kier alpha value is -1.16. The van der Waals surface area contributed by atoms with Gasteiger partial charge in [-0.05, 0) is 20.8 Å². The highest BCUT2D eigenvalue weighted by atomic mass is 15.3. The van der Waals surface area contributed by atoms with Gasteiger partial charge in [0.05, 0.1) is 11.4 Å². The van der Waals surface area contributed by atoms with Crippen molar-refractivity contribution in [3.8, 4) is 0 Å². The third-order valence-corrected chi connectivity index (χ3v) is 2.45. The number of rotatable bonds is 1. The zero-order valence-corrected chi connectivity index (χ0v) is 8.91. The predicted molar refractivity (Wildman–Crippen MR) is 56.3 cm³/mol. The van der Waals surface area contributed by atoms with E-state index >= 15 is 0 Å². The quantitative estimate of drug-likeness (QED) is 0.709. The minimum absolute atomic E-state index is 0.0577. The summed E-state index contributed by atoms with van der Waals surface area (Å²) >= 11 is 0. The van der Waals surface area contributed by atoms with Crippen molar-refractivity contribution in [3.63, 3.8) is 0 Å². The highest BCUT2D eigenvalue weighted by molar-refractivity contribution is 5.47. The summed E-state index contributed by atoms with van der Waals surface area (Å²) in [5, 5.41) is 0. The average Bonchev–Trinajstić information content (AvgIpc) is 2.05. The highest BCUT2D eigenvalue weighted by Gasteiger charge is 2.36. The number of anilines is 1. The fourth-order valence-electron chi connectivity index (χ4n) is 1.80. The van der Waals surface area contributed by atoms with E-state index in [2.05, 4.69) is 21.8 Å². The molecule has 0 spiro atoms. The van der Waals surface area contributed by atoms with Gasteiger partial charge in [0.2, 0.25) is 0 Å². The summed E-state index contributed by atoms with van der Waals surface area (Å²) in [6.45, 7) is 7.73. The maximum absolute atomic E-state index is 5.95. The van der Waals surface area contributed by atoms with E-state index in [1.54, 1.807) is 6.20 Å². The first-order valence-electron chi connectivity index (χ1n) is 4.82. The molecule has 0 unspecified atom stereocenters. The molecule has 0 amide bonds. The van der Waals surface area contributed by atoms with Crippen LogP contribution in [0.15, 0.2) is 6.20 Å². The normalized spacial score (nSPS) is 19.3. The fraction of sp³-hybridized carbons (Fsp3) is 0.600. The van der Waals surface area contributed by atoms with Crippen molar-refractivity contribution < 1.29 is 0 Å². The van der Waals surface area contributed by atoms with Gasteiger partial charge < -0.3 is 10.6 Å². The summed E-state index contributed by atoms with van der Waals surface area (Å²) in [5.41, 5.74) is 7.82. The van der Waals surface area contributed by atoms with E-state index in [9.17, 15) is 0 Å². The SMILES string of the molecule is Cc1cnc(C)c(N2CC(C)(N)C2)n1. The van der Waals surface area contributed by atoms with Gasteiger partial charge in [-0.25, -0.2) is 4.98 Å². The molecule has 1 aromatic heterocycles. The minimum Gasteiger partial charge on any atom is -0.351 e. The van der Waals surface area contributed by atoms with E-state index < -0.39 is 0 Å². The van der Waals surface area contributed by atoms with Crippen molar-refractivity contribution in [2.24, 2.45) is 5.73 Å². The number of hydrogen-bond donors (Lipinski definition) is 1. The molecule has 0 aliphatic carbocycles. The largest absolute Gasteiger partial charge is 0.351 e. The molecule has 4 nitrogen and oxygen atoms in total. The van der Waals surface area contributed by atoms with Crippen molar-refractivity contribution in [3.05, 3.63) is 17.6 Å². The number of hydrogen-bond acceptors (Lipinski definition) is 4. The van der Waals surface area contributed by atoms with Gasteiger partial charge >= 0.3 is 0 Å². The molecule has 76 valence electrons. The minimum atomic E-state index is -0.0577. The third kappa shape index (κ3) is 1.57. The lowest BCUT2D eigenvalue weighted by Crippen LogP contribution is -2.66. The standard InChI is InChI=1S/C10H16N4/c1-7-4-12-8(2)9(13-7)14-5-10(3,11)6-14/h4H,5-6,11H2,1-3H3. The van der Waals surface area contributed by atoms with Gasteiger partial charge in [-0.15, -0.1) is 0 Å². The lowest BCUT2D eigenvalue weighted by Gasteiger charge is -2.46. The zero-order valence-electron chi connectivity index (χ0n) is 8.91. The van der Waals surface area contributed by atoms with Gasteiger partial charge in [-0.1, -0.05) is 0 Å². The smallest absolute Gasteiger partial charge is 0.150 e. The molecule has 0 aromatic carbocycles. The van der Waals surface area contributed by atoms with E-state index in [0.29, 0.717) is 0 Å². The van der Waals surface area contributed by atoms with Gasteiger partial charge in [-0.2, -0.15) is 0 Å². The molecular weight excluding hydrogens is 176 g/mol. The Morgan fingerprint density at radius 2 is 2.07 bits per heavy atom. The van der Waals surface area contributed by atoms with E-state index in [-0.39, 0.29) is 5.54 Å². The summed E-state index contributed by atoms with van der Waals surface area (Å²) in [6, 6.07) is 0. The summed E-state index contributed by atoms with van der Waals surface area (Å²) in [6.07, 6.45) is 1.79. The molecule has 4 heteroatoms. The first-order chi connectivity index (χ1) is 6.48. The number of aromatic nitrogens is 2. The van der Waals surface area contributed by atoms with Crippen LogP contribution in [-0.4, -0.2) is 28.6 Å². The molecule has 1 aromatic rings. The second-order valence-electron chi connectivity index (χ2n) is 4.43. The van der Waals surface area contributed by atoms with E-state index in [0.717, 1.165) is 30.3 Å². The van der Waals surface area contributed by atoms with Crippen LogP contribution in [0.1, 0.15) is 18.3 Å². The van der Waals surface area contributed by atoms with Gasteiger partial charge in [0.15, 0.2) is 0 Å². The Balaban J connectivity index is 2.22. The van der Waals surface area contributed by atoms with Gasteiger partial charge in [-0.3, -0.25) is 4.98 Å². The van der Waals surface area contributed by atoms with Crippen molar-refractivity contribution in [1.82, 2.24) is 9.97 Å². The lowest BCUT2D eigenvalue weighted by molar-refractivity contribution is 0.362. The van der Waals surface area contributed by atoms with Gasteiger partial charge in [0.25, 0.3) is 0 Å². The number of nitrogens with zero attached hydrogens (tertiary/aromatic N) is 3. The summed E-state index contributed by atoms with van der Waals surface area (Å²) < 4.78 is 0. The second-order valence-corrected chi connectivity index (χ2v) is 4.43. The van der Waals surface area contributed by atoms with Crippen LogP contribution in [0.5, 0.6) is 0 Å². The Morgan fingerprint density at radius 1 is 1.43 bits per heavy atom. The van der Waals surface area contributed by atoms with E-state index in [4.69, 9.17) is 5.73 Å². The van der Waals surface area contributed by atoms with Crippen LogP contribution in [0, 0.1) is 13.8 Å². The molecular formula is C10H16N4. The Morgan fingerprint density at radius 3 is 2.64 bits per heavy atom. The molecule has 1 fully saturated rings. The van der Waals surface area contributed by atoms with Crippen LogP contribution < -0.4 is 10.6 Å². The molecule has 0 radical (unpaired) electrons. The predicted octanol–water partition coefficient (Wildman–Crippen LogP) is 0.631. The topological polar surface area (TPSA) is 55.0 Å². The van der Waals surface area contributed by atoms with E-state index in [1.165, 1.54) is 0 Å². The van der Waals surface area contributed by atoms with Crippen LogP contribution in [-0.2, 0) is 0 Å². The van der Waals surface area contributed by atoms with Gasteiger partial charge in [0.1, 0.15) is 5.82 Å². The van der Waals surface area contributed by atoms with Crippen molar-refractivity contribution >= 4 is 5.82 Å². The molecule has 2 N–H and O–H groups in total. The fourth-order valence-corrected chi connectivity index (χ4v) is 1.80. The van der Waals surface area contributed by atoms with Crippen LogP contribution >= 0.6 is 0 Å². The Bertz CT molecular complexity index is 351. The zero-order chi connectivity index (χ0) is 10.3. The summed E-state index contributed by atoms with van der Waals surface area (Å²) in [7, 11) is 0. The number of aryl methyl sites for hydroxylation is 2. The van der Waals surface area contributed by atoms with Crippen molar-refractivity contribution in [2.45, 2.75) is 26.3 Å². The Kier molecular flexibility index (Phi) is 1.96. The lowest BCUT2D eigenvalue weighted by atomic mass is 9.94. The van der Waals surface area contributed by atoms with Crippen LogP contribution in [0.25, 0.3) is 0 Å². The van der Waals surface area contributed by atoms with Crippen molar-refractivity contribution in [2.75, 3.05) is 18.0 Å². The molecule has 0 saturated carbocycles. The third-order valence-electron chi connectivity index (χ3n) is 2.45. The molecule has 2 rings (SSSR count). The van der Waals surface area contributed by atoms with Crippen LogP contribution in [0.4, 0.5) is 5.82 Å². The Labute approximate surface area is 84.2 Å². The van der Waals surface area contributed by atoms with Crippen LogP contribution in [0.3, 0.4) is 0 Å². The van der Waals surface area contributed by atoms with Gasteiger partial charge in [0, 0.05) is 24.8 Å². The number of nitrogens with two attached hydrogens (primary N) is 1. The molecule has 1 aliphatic heterocycles. The highest BCUT2D eigenvalue weighted by Crippen LogP contribution is 2.25. The first kappa shape index (κ1) is 9.40. The van der Waals surface area contributed by atoms with E-state index in [1.807, 2.05) is 13.8 Å². The monoisotopic (exact) mass is 192 g/mol. The molecule has 14 heavy (non-hydrogen) atoms. The molecule has 0 bridgehead atoms. The van der Waals surface area contributed by atoms with Crippen LogP contribution in [0.2, 0.25) is 0 Å². The average molecular weight is 192 g/mol. The molecule has 0 atom stereocenters. The maximum Gasteiger partial charge on any atom is 0.150 e. The second kappa shape index (κ2) is 2.92. The molecule has 1 aliphatic rings. The summed E-state index contributed by atoms with van der Waals surface area (Å²) in [4.78, 5) is 10.9. The maximum atomic E-state index is 5.95.